The maximum Gasteiger partial charge on any atom is 0.274 e. The number of rotatable bonds is 4. The van der Waals surface area contributed by atoms with Crippen LogP contribution in [0.3, 0.4) is 0 Å². The van der Waals surface area contributed by atoms with E-state index in [1.54, 1.807) is 0 Å². The molecule has 3 aromatic rings. The highest BCUT2D eigenvalue weighted by atomic mass is 32.1. The van der Waals surface area contributed by atoms with Crippen LogP contribution in [0.25, 0.3) is 10.2 Å². The quantitative estimate of drug-likeness (QED) is 0.439. The number of aromatic hydroxyl groups is 1. The van der Waals surface area contributed by atoms with E-state index in [9.17, 15) is 15.2 Å². The van der Waals surface area contributed by atoms with Gasteiger partial charge in [0.15, 0.2) is 11.5 Å². The summed E-state index contributed by atoms with van der Waals surface area (Å²) in [4.78, 5) is 19.0. The molecule has 8 heteroatoms. The van der Waals surface area contributed by atoms with Crippen molar-refractivity contribution in [3.05, 3.63) is 51.6 Å². The summed E-state index contributed by atoms with van der Waals surface area (Å²) in [5, 5.41) is 21.6. The number of aromatic nitrogens is 1. The van der Waals surface area contributed by atoms with E-state index in [0.717, 1.165) is 21.8 Å². The molecule has 0 spiro atoms. The summed E-state index contributed by atoms with van der Waals surface area (Å²) in [7, 11) is 1.33. The number of fused-ring (bicyclic) bond motifs is 1. The molecule has 3 rings (SSSR count). The molecule has 0 unspecified atom stereocenters. The fourth-order valence-electron chi connectivity index (χ4n) is 2.17. The van der Waals surface area contributed by atoms with Crippen molar-refractivity contribution in [3.8, 4) is 11.5 Å². The topological polar surface area (TPSA) is 97.9 Å². The molecule has 0 saturated carbocycles. The average Bonchev–Trinajstić information content (AvgIpc) is 2.95. The number of nitrogens with zero attached hydrogens (tertiary/aromatic N) is 3. The number of hydrogen-bond donors (Lipinski definition) is 1. The van der Waals surface area contributed by atoms with Gasteiger partial charge < -0.3 is 9.84 Å². The van der Waals surface area contributed by atoms with Crippen molar-refractivity contribution in [1.29, 1.82) is 0 Å². The van der Waals surface area contributed by atoms with Crippen LogP contribution in [0.4, 0.5) is 10.8 Å². The lowest BCUT2D eigenvalue weighted by molar-refractivity contribution is -0.385. The van der Waals surface area contributed by atoms with Crippen molar-refractivity contribution in [2.75, 3.05) is 7.11 Å². The second-order valence-corrected chi connectivity index (χ2v) is 6.08. The summed E-state index contributed by atoms with van der Waals surface area (Å²) in [6.07, 6.45) is 1.34. The van der Waals surface area contributed by atoms with Crippen LogP contribution < -0.4 is 4.74 Å². The van der Waals surface area contributed by atoms with Crippen molar-refractivity contribution >= 4 is 38.6 Å². The monoisotopic (exact) mass is 343 g/mol. The average molecular weight is 343 g/mol. The molecule has 24 heavy (non-hydrogen) atoms. The second-order valence-electron chi connectivity index (χ2n) is 5.07. The third kappa shape index (κ3) is 3.04. The maximum absolute atomic E-state index is 11.0. The molecule has 0 aliphatic heterocycles. The molecule has 0 saturated heterocycles. The Bertz CT molecular complexity index is 965. The van der Waals surface area contributed by atoms with E-state index in [-0.39, 0.29) is 22.7 Å². The minimum absolute atomic E-state index is 0.0191. The van der Waals surface area contributed by atoms with E-state index in [0.29, 0.717) is 5.13 Å². The van der Waals surface area contributed by atoms with Gasteiger partial charge in [-0.15, -0.1) is 0 Å². The number of aliphatic imine (C=N–C) groups is 1. The third-order valence-corrected chi connectivity index (χ3v) is 4.29. The van der Waals surface area contributed by atoms with Crippen LogP contribution in [-0.4, -0.2) is 28.3 Å². The smallest absolute Gasteiger partial charge is 0.274 e. The van der Waals surface area contributed by atoms with Crippen LogP contribution in [0.5, 0.6) is 11.5 Å². The highest BCUT2D eigenvalue weighted by Crippen LogP contribution is 2.34. The Morgan fingerprint density at radius 3 is 2.88 bits per heavy atom. The van der Waals surface area contributed by atoms with Gasteiger partial charge >= 0.3 is 0 Å². The Labute approximate surface area is 141 Å². The van der Waals surface area contributed by atoms with E-state index in [2.05, 4.69) is 9.98 Å². The number of thiazole rings is 1. The van der Waals surface area contributed by atoms with Crippen molar-refractivity contribution in [2.24, 2.45) is 4.99 Å². The van der Waals surface area contributed by atoms with Crippen LogP contribution in [0.1, 0.15) is 11.1 Å². The zero-order valence-corrected chi connectivity index (χ0v) is 13.7. The molecule has 0 aliphatic rings. The molecular formula is C16H13N3O4S. The Hall–Kier alpha value is -3.00. The molecule has 1 aromatic heterocycles. The maximum atomic E-state index is 11.0. The number of nitro benzene ring substituents is 1. The van der Waals surface area contributed by atoms with Gasteiger partial charge in [-0.2, -0.15) is 0 Å². The first-order chi connectivity index (χ1) is 11.5. The number of benzene rings is 2. The van der Waals surface area contributed by atoms with Crippen molar-refractivity contribution in [2.45, 2.75) is 6.92 Å². The zero-order valence-electron chi connectivity index (χ0n) is 12.9. The minimum atomic E-state index is -0.556. The molecule has 122 valence electrons. The summed E-state index contributed by atoms with van der Waals surface area (Å²) in [5.41, 5.74) is 1.96. The van der Waals surface area contributed by atoms with Gasteiger partial charge in [-0.1, -0.05) is 17.4 Å². The van der Waals surface area contributed by atoms with Gasteiger partial charge in [0.25, 0.3) is 5.69 Å². The third-order valence-electron chi connectivity index (χ3n) is 3.37. The molecule has 7 nitrogen and oxygen atoms in total. The van der Waals surface area contributed by atoms with Crippen LogP contribution >= 0.6 is 11.3 Å². The van der Waals surface area contributed by atoms with Crippen molar-refractivity contribution in [1.82, 2.24) is 4.98 Å². The van der Waals surface area contributed by atoms with Gasteiger partial charge in [0.05, 0.1) is 28.3 Å². The first-order valence-corrected chi connectivity index (χ1v) is 7.76. The predicted octanol–water partition coefficient (Wildman–Crippen LogP) is 3.98. The molecule has 1 N–H and O–H groups in total. The van der Waals surface area contributed by atoms with Crippen LogP contribution in [0.2, 0.25) is 0 Å². The van der Waals surface area contributed by atoms with Gasteiger partial charge in [-0.3, -0.25) is 10.1 Å². The SMILES string of the molecule is COc1cc([N+](=O)[O-])cc(C=Nc2nc3ccc(C)cc3s2)c1O. The van der Waals surface area contributed by atoms with Gasteiger partial charge in [0.2, 0.25) is 5.13 Å². The number of nitro groups is 1. The Morgan fingerprint density at radius 1 is 1.38 bits per heavy atom. The number of phenolic OH excluding ortho intramolecular Hbond substituents is 1. The summed E-state index contributed by atoms with van der Waals surface area (Å²) < 4.78 is 5.96. The molecule has 0 bridgehead atoms. The summed E-state index contributed by atoms with van der Waals surface area (Å²) >= 11 is 1.40. The molecule has 0 fully saturated rings. The Morgan fingerprint density at radius 2 is 2.17 bits per heavy atom. The van der Waals surface area contributed by atoms with E-state index < -0.39 is 4.92 Å². The lowest BCUT2D eigenvalue weighted by atomic mass is 10.1. The van der Waals surface area contributed by atoms with Crippen LogP contribution in [0, 0.1) is 17.0 Å². The minimum Gasteiger partial charge on any atom is -0.504 e. The largest absolute Gasteiger partial charge is 0.504 e. The normalized spacial score (nSPS) is 11.2. The molecule has 0 aliphatic carbocycles. The van der Waals surface area contributed by atoms with Gasteiger partial charge in [0.1, 0.15) is 0 Å². The van der Waals surface area contributed by atoms with Gasteiger partial charge in [-0.05, 0) is 24.6 Å². The zero-order chi connectivity index (χ0) is 17.3. The number of hydrogen-bond acceptors (Lipinski definition) is 7. The number of aryl methyl sites for hydroxylation is 1. The Balaban J connectivity index is 2.00. The standard InChI is InChI=1S/C16H13N3O4S/c1-9-3-4-12-14(5-9)24-16(18-12)17-8-10-6-11(19(21)22)7-13(23-2)15(10)20/h3-8,20H,1-2H3. The van der Waals surface area contributed by atoms with E-state index in [1.807, 2.05) is 25.1 Å². The van der Waals surface area contributed by atoms with E-state index >= 15 is 0 Å². The van der Waals surface area contributed by atoms with Crippen LogP contribution in [-0.2, 0) is 0 Å². The number of ether oxygens (including phenoxy) is 1. The highest BCUT2D eigenvalue weighted by molar-refractivity contribution is 7.22. The van der Waals surface area contributed by atoms with Crippen LogP contribution in [0.15, 0.2) is 35.3 Å². The van der Waals surface area contributed by atoms with E-state index in [4.69, 9.17) is 4.74 Å². The lowest BCUT2D eigenvalue weighted by Gasteiger charge is -2.05. The number of methoxy groups -OCH3 is 1. The van der Waals surface area contributed by atoms with Gasteiger partial charge in [-0.25, -0.2) is 9.98 Å². The first-order valence-electron chi connectivity index (χ1n) is 6.94. The lowest BCUT2D eigenvalue weighted by Crippen LogP contribution is -1.94. The number of phenols is 1. The summed E-state index contributed by atoms with van der Waals surface area (Å²) in [6.45, 7) is 2.00. The molecular weight excluding hydrogens is 330 g/mol. The van der Waals surface area contributed by atoms with Crippen molar-refractivity contribution in [3.63, 3.8) is 0 Å². The van der Waals surface area contributed by atoms with Crippen molar-refractivity contribution < 1.29 is 14.8 Å². The Kier molecular flexibility index (Phi) is 4.13. The van der Waals surface area contributed by atoms with Gasteiger partial charge in [0, 0.05) is 17.8 Å². The van der Waals surface area contributed by atoms with E-state index in [1.165, 1.54) is 30.7 Å². The highest BCUT2D eigenvalue weighted by Gasteiger charge is 2.16. The molecule has 0 radical (unpaired) electrons. The summed E-state index contributed by atoms with van der Waals surface area (Å²) in [6, 6.07) is 8.28. The second kappa shape index (κ2) is 6.25. The molecule has 0 atom stereocenters. The number of non-ortho nitro benzene ring substituents is 1. The predicted molar refractivity (Wildman–Crippen MR) is 92.9 cm³/mol. The fraction of sp³-hybridized carbons (Fsp3) is 0.125. The summed E-state index contributed by atoms with van der Waals surface area (Å²) in [5.74, 6) is -0.186. The first kappa shape index (κ1) is 15.9. The molecule has 1 heterocycles. The molecule has 0 amide bonds. The fourth-order valence-corrected chi connectivity index (χ4v) is 3.08. The molecule has 2 aromatic carbocycles.